The molecule has 0 aliphatic carbocycles. The Bertz CT molecular complexity index is 705. The number of carbonyl (C=O) groups is 1. The first kappa shape index (κ1) is 15.8. The first-order valence-electron chi connectivity index (χ1n) is 7.26. The second-order valence-corrected chi connectivity index (χ2v) is 6.21. The summed E-state index contributed by atoms with van der Waals surface area (Å²) in [5.41, 5.74) is 0.815. The Labute approximate surface area is 137 Å². The highest BCUT2D eigenvalue weighted by atomic mass is 32.2. The van der Waals surface area contributed by atoms with Gasteiger partial charge >= 0.3 is 5.97 Å². The molecular weight excluding hydrogens is 317 g/mol. The van der Waals surface area contributed by atoms with Crippen LogP contribution >= 0.6 is 11.9 Å². The van der Waals surface area contributed by atoms with Gasteiger partial charge in [0.25, 0.3) is 0 Å². The number of aromatic nitrogens is 1. The maximum Gasteiger partial charge on any atom is 0.338 e. The monoisotopic (exact) mass is 333 g/mol. The molecule has 0 atom stereocenters. The van der Waals surface area contributed by atoms with Crippen LogP contribution in [0.4, 0.5) is 10.1 Å². The van der Waals surface area contributed by atoms with Crippen molar-refractivity contribution in [1.82, 2.24) is 9.29 Å². The summed E-state index contributed by atoms with van der Waals surface area (Å²) in [6.45, 7) is 2.77. The van der Waals surface area contributed by atoms with E-state index in [4.69, 9.17) is 0 Å². The summed E-state index contributed by atoms with van der Waals surface area (Å²) in [7, 11) is 0. The zero-order chi connectivity index (χ0) is 16.2. The molecule has 1 aliphatic rings. The molecule has 1 aromatic carbocycles. The molecule has 2 aromatic rings. The van der Waals surface area contributed by atoms with Gasteiger partial charge in [0, 0.05) is 32.4 Å². The first-order chi connectivity index (χ1) is 11.1. The Kier molecular flexibility index (Phi) is 4.78. The van der Waals surface area contributed by atoms with E-state index in [1.54, 1.807) is 30.5 Å². The minimum atomic E-state index is -0.981. The lowest BCUT2D eigenvalue weighted by Gasteiger charge is -2.35. The van der Waals surface area contributed by atoms with E-state index >= 15 is 0 Å². The van der Waals surface area contributed by atoms with E-state index in [0.29, 0.717) is 36.9 Å². The maximum absolute atomic E-state index is 13.8. The summed E-state index contributed by atoms with van der Waals surface area (Å²) in [6.07, 6.45) is 1.59. The highest BCUT2D eigenvalue weighted by molar-refractivity contribution is 7.97. The predicted octanol–water partition coefficient (Wildman–Crippen LogP) is 2.75. The lowest BCUT2D eigenvalue weighted by molar-refractivity contribution is 0.0692. The van der Waals surface area contributed by atoms with Crippen LogP contribution in [0, 0.1) is 5.82 Å². The number of para-hydroxylation sites is 1. The van der Waals surface area contributed by atoms with E-state index in [9.17, 15) is 14.3 Å². The van der Waals surface area contributed by atoms with Crippen LogP contribution in [0.15, 0.2) is 47.6 Å². The lowest BCUT2D eigenvalue weighted by Crippen LogP contribution is -2.43. The number of nitrogens with zero attached hydrogens (tertiary/aromatic N) is 3. The molecule has 0 amide bonds. The number of carboxylic acid groups (broad SMARTS) is 1. The number of hydrogen-bond acceptors (Lipinski definition) is 5. The minimum absolute atomic E-state index is 0.203. The van der Waals surface area contributed by atoms with Gasteiger partial charge in [0.2, 0.25) is 0 Å². The van der Waals surface area contributed by atoms with E-state index in [-0.39, 0.29) is 11.4 Å². The van der Waals surface area contributed by atoms with E-state index in [1.165, 1.54) is 18.0 Å². The number of piperazine rings is 1. The van der Waals surface area contributed by atoms with Crippen LogP contribution in [0.2, 0.25) is 0 Å². The third-order valence-corrected chi connectivity index (χ3v) is 4.77. The molecule has 1 saturated heterocycles. The largest absolute Gasteiger partial charge is 0.478 e. The first-order valence-corrected chi connectivity index (χ1v) is 8.03. The van der Waals surface area contributed by atoms with Crippen molar-refractivity contribution < 1.29 is 14.3 Å². The quantitative estimate of drug-likeness (QED) is 0.868. The number of aromatic carboxylic acids is 1. The number of benzene rings is 1. The lowest BCUT2D eigenvalue weighted by atomic mass is 10.2. The summed E-state index contributed by atoms with van der Waals surface area (Å²) in [6, 6.07) is 9.91. The molecule has 120 valence electrons. The molecule has 0 saturated carbocycles. The number of anilines is 1. The van der Waals surface area contributed by atoms with Gasteiger partial charge in [-0.25, -0.2) is 18.5 Å². The summed E-state index contributed by atoms with van der Waals surface area (Å²) in [5.74, 6) is -1.20. The summed E-state index contributed by atoms with van der Waals surface area (Å²) in [4.78, 5) is 17.4. The van der Waals surface area contributed by atoms with Crippen molar-refractivity contribution in [2.45, 2.75) is 5.03 Å². The molecule has 1 fully saturated rings. The van der Waals surface area contributed by atoms with E-state index in [2.05, 4.69) is 9.29 Å². The van der Waals surface area contributed by atoms with Crippen molar-refractivity contribution in [3.8, 4) is 0 Å². The van der Waals surface area contributed by atoms with Crippen molar-refractivity contribution >= 4 is 23.6 Å². The molecule has 0 spiro atoms. The second-order valence-electron chi connectivity index (χ2n) is 5.12. The van der Waals surface area contributed by atoms with E-state index in [1.807, 2.05) is 11.0 Å². The fourth-order valence-electron chi connectivity index (χ4n) is 2.48. The van der Waals surface area contributed by atoms with Crippen LogP contribution in [-0.2, 0) is 0 Å². The van der Waals surface area contributed by atoms with Crippen LogP contribution in [0.3, 0.4) is 0 Å². The summed E-state index contributed by atoms with van der Waals surface area (Å²) >= 11 is 1.34. The van der Waals surface area contributed by atoms with E-state index in [0.717, 1.165) is 0 Å². The van der Waals surface area contributed by atoms with Crippen molar-refractivity contribution in [3.63, 3.8) is 0 Å². The van der Waals surface area contributed by atoms with Gasteiger partial charge in [-0.1, -0.05) is 12.1 Å². The standard InChI is InChI=1S/C16H16FN3O2S/c17-13-5-1-2-6-14(13)19-8-10-20(11-9-19)23-15-12(16(21)22)4-3-7-18-15/h1-7H,8-11H2,(H,21,22). The highest BCUT2D eigenvalue weighted by Gasteiger charge is 2.22. The van der Waals surface area contributed by atoms with Gasteiger partial charge in [-0.05, 0) is 36.2 Å². The second kappa shape index (κ2) is 6.97. The molecule has 1 aromatic heterocycles. The van der Waals surface area contributed by atoms with Gasteiger partial charge in [0.15, 0.2) is 0 Å². The molecule has 2 heterocycles. The summed E-state index contributed by atoms with van der Waals surface area (Å²) < 4.78 is 15.9. The number of pyridine rings is 1. The number of hydrogen-bond donors (Lipinski definition) is 1. The minimum Gasteiger partial charge on any atom is -0.478 e. The Balaban J connectivity index is 1.64. The van der Waals surface area contributed by atoms with Crippen LogP contribution in [0.5, 0.6) is 0 Å². The molecule has 3 rings (SSSR count). The van der Waals surface area contributed by atoms with Crippen LogP contribution in [-0.4, -0.2) is 46.5 Å². The molecule has 1 N–H and O–H groups in total. The Morgan fingerprint density at radius 2 is 1.87 bits per heavy atom. The zero-order valence-electron chi connectivity index (χ0n) is 12.4. The number of halogens is 1. The molecule has 0 radical (unpaired) electrons. The van der Waals surface area contributed by atoms with Gasteiger partial charge in [0.05, 0.1) is 11.3 Å². The summed E-state index contributed by atoms with van der Waals surface area (Å²) in [5, 5.41) is 9.68. The SMILES string of the molecule is O=C(O)c1cccnc1SN1CCN(c2ccccc2F)CC1. The Hall–Kier alpha value is -2.12. The Morgan fingerprint density at radius 1 is 1.13 bits per heavy atom. The molecule has 1 aliphatic heterocycles. The van der Waals surface area contributed by atoms with Crippen LogP contribution in [0.1, 0.15) is 10.4 Å². The predicted molar refractivity (Wildman–Crippen MR) is 87.2 cm³/mol. The van der Waals surface area contributed by atoms with Crippen molar-refractivity contribution in [2.75, 3.05) is 31.1 Å². The molecule has 5 nitrogen and oxygen atoms in total. The van der Waals surface area contributed by atoms with Crippen molar-refractivity contribution in [3.05, 3.63) is 54.0 Å². The van der Waals surface area contributed by atoms with Gasteiger partial charge < -0.3 is 10.0 Å². The molecule has 0 bridgehead atoms. The average molecular weight is 333 g/mol. The van der Waals surface area contributed by atoms with Gasteiger partial charge in [-0.3, -0.25) is 0 Å². The Morgan fingerprint density at radius 3 is 2.57 bits per heavy atom. The smallest absolute Gasteiger partial charge is 0.338 e. The molecule has 0 unspecified atom stereocenters. The highest BCUT2D eigenvalue weighted by Crippen LogP contribution is 2.27. The van der Waals surface area contributed by atoms with Crippen molar-refractivity contribution in [1.29, 1.82) is 0 Å². The zero-order valence-corrected chi connectivity index (χ0v) is 13.2. The third kappa shape index (κ3) is 3.62. The fourth-order valence-corrected chi connectivity index (χ4v) is 3.43. The van der Waals surface area contributed by atoms with Crippen LogP contribution < -0.4 is 4.90 Å². The number of rotatable bonds is 4. The number of carboxylic acids is 1. The van der Waals surface area contributed by atoms with Gasteiger partial charge in [0.1, 0.15) is 10.8 Å². The van der Waals surface area contributed by atoms with E-state index < -0.39 is 5.97 Å². The third-order valence-electron chi connectivity index (χ3n) is 3.65. The average Bonchev–Trinajstić information content (AvgIpc) is 2.56. The topological polar surface area (TPSA) is 56.7 Å². The molecule has 7 heteroatoms. The van der Waals surface area contributed by atoms with Crippen LogP contribution in [0.25, 0.3) is 0 Å². The molecule has 23 heavy (non-hydrogen) atoms. The van der Waals surface area contributed by atoms with Gasteiger partial charge in [-0.2, -0.15) is 0 Å². The fraction of sp³-hybridized carbons (Fsp3) is 0.250. The normalized spacial score (nSPS) is 15.6. The molecular formula is C16H16FN3O2S. The van der Waals surface area contributed by atoms with Gasteiger partial charge in [-0.15, -0.1) is 0 Å². The maximum atomic E-state index is 13.8. The van der Waals surface area contributed by atoms with Crippen molar-refractivity contribution in [2.24, 2.45) is 0 Å².